The zero-order valence-electron chi connectivity index (χ0n) is 12.0. The summed E-state index contributed by atoms with van der Waals surface area (Å²) in [7, 11) is 0. The first-order chi connectivity index (χ1) is 9.67. The third-order valence-corrected chi connectivity index (χ3v) is 3.86. The lowest BCUT2D eigenvalue weighted by Crippen LogP contribution is -2.31. The first-order valence-electron chi connectivity index (χ1n) is 7.27. The Bertz CT molecular complexity index is 438. The van der Waals surface area contributed by atoms with Gasteiger partial charge in [0.15, 0.2) is 0 Å². The number of carbonyl (C=O) groups excluding carboxylic acids is 1. The number of ether oxygens (including phenoxy) is 1. The van der Waals surface area contributed by atoms with Crippen molar-refractivity contribution in [3.63, 3.8) is 0 Å². The highest BCUT2D eigenvalue weighted by molar-refractivity contribution is 5.78. The van der Waals surface area contributed by atoms with Crippen molar-refractivity contribution in [3.05, 3.63) is 29.8 Å². The lowest BCUT2D eigenvalue weighted by atomic mass is 10.0. The molecule has 0 aromatic heterocycles. The summed E-state index contributed by atoms with van der Waals surface area (Å²) in [6.07, 6.45) is 3.39. The molecule has 1 aromatic rings. The molecular formula is C16H23NO3. The lowest BCUT2D eigenvalue weighted by Gasteiger charge is -2.14. The number of benzene rings is 1. The highest BCUT2D eigenvalue weighted by atomic mass is 16.5. The van der Waals surface area contributed by atoms with Gasteiger partial charge in [0.1, 0.15) is 5.75 Å². The third kappa shape index (κ3) is 4.23. The van der Waals surface area contributed by atoms with E-state index in [4.69, 9.17) is 9.84 Å². The van der Waals surface area contributed by atoms with Crippen LogP contribution in [0, 0.1) is 5.41 Å². The molecule has 1 fully saturated rings. The molecule has 4 nitrogen and oxygen atoms in total. The quantitative estimate of drug-likeness (QED) is 0.763. The zero-order chi connectivity index (χ0) is 14.4. The molecule has 0 saturated heterocycles. The van der Waals surface area contributed by atoms with E-state index in [-0.39, 0.29) is 17.9 Å². The van der Waals surface area contributed by atoms with Gasteiger partial charge in [-0.05, 0) is 49.3 Å². The fraction of sp³-hybridized carbons (Fsp3) is 0.562. The molecule has 0 unspecified atom stereocenters. The Morgan fingerprint density at radius 3 is 2.60 bits per heavy atom. The van der Waals surface area contributed by atoms with Gasteiger partial charge in [0.25, 0.3) is 0 Å². The normalized spacial score (nSPS) is 15.7. The maximum absolute atomic E-state index is 11.9. The van der Waals surface area contributed by atoms with Gasteiger partial charge in [-0.1, -0.05) is 12.1 Å². The molecule has 110 valence electrons. The summed E-state index contributed by atoms with van der Waals surface area (Å²) in [6.45, 7) is 3.48. The minimum absolute atomic E-state index is 0.0402. The van der Waals surface area contributed by atoms with Crippen molar-refractivity contribution in [1.29, 1.82) is 0 Å². The summed E-state index contributed by atoms with van der Waals surface area (Å²) in [4.78, 5) is 11.9. The van der Waals surface area contributed by atoms with Crippen molar-refractivity contribution in [1.82, 2.24) is 5.32 Å². The maximum atomic E-state index is 11.9. The van der Waals surface area contributed by atoms with Gasteiger partial charge in [0, 0.05) is 13.2 Å². The molecule has 20 heavy (non-hydrogen) atoms. The van der Waals surface area contributed by atoms with Crippen molar-refractivity contribution >= 4 is 5.91 Å². The molecule has 0 heterocycles. The van der Waals surface area contributed by atoms with Crippen molar-refractivity contribution in [2.45, 2.75) is 32.6 Å². The number of rotatable bonds is 8. The Morgan fingerprint density at radius 1 is 1.35 bits per heavy atom. The summed E-state index contributed by atoms with van der Waals surface area (Å²) >= 11 is 0. The van der Waals surface area contributed by atoms with Gasteiger partial charge in [0.2, 0.25) is 5.91 Å². The second kappa shape index (κ2) is 6.75. The molecule has 1 saturated carbocycles. The van der Waals surface area contributed by atoms with Crippen LogP contribution in [-0.4, -0.2) is 30.8 Å². The number of aliphatic hydroxyl groups is 1. The molecule has 1 aromatic carbocycles. The average molecular weight is 277 g/mol. The smallest absolute Gasteiger partial charge is 0.224 e. The van der Waals surface area contributed by atoms with E-state index < -0.39 is 0 Å². The van der Waals surface area contributed by atoms with Crippen LogP contribution in [0.5, 0.6) is 5.75 Å². The van der Waals surface area contributed by atoms with Crippen LogP contribution < -0.4 is 10.1 Å². The second-order valence-electron chi connectivity index (χ2n) is 5.50. The van der Waals surface area contributed by atoms with Crippen LogP contribution in [0.2, 0.25) is 0 Å². The molecule has 1 aliphatic carbocycles. The molecular weight excluding hydrogens is 254 g/mol. The van der Waals surface area contributed by atoms with E-state index in [1.807, 2.05) is 31.2 Å². The number of nitrogens with one attached hydrogen (secondary N) is 1. The van der Waals surface area contributed by atoms with Crippen molar-refractivity contribution < 1.29 is 14.6 Å². The van der Waals surface area contributed by atoms with Gasteiger partial charge in [-0.25, -0.2) is 0 Å². The molecule has 0 spiro atoms. The predicted molar refractivity (Wildman–Crippen MR) is 77.7 cm³/mol. The molecule has 2 N–H and O–H groups in total. The van der Waals surface area contributed by atoms with E-state index >= 15 is 0 Å². The predicted octanol–water partition coefficient (Wildman–Crippen LogP) is 1.91. The topological polar surface area (TPSA) is 58.6 Å². The van der Waals surface area contributed by atoms with Crippen LogP contribution in [0.1, 0.15) is 31.7 Å². The first-order valence-corrected chi connectivity index (χ1v) is 7.27. The minimum Gasteiger partial charge on any atom is -0.494 e. The Kier molecular flexibility index (Phi) is 5.01. The largest absolute Gasteiger partial charge is 0.494 e. The fourth-order valence-corrected chi connectivity index (χ4v) is 2.33. The summed E-state index contributed by atoms with van der Waals surface area (Å²) in [5.74, 6) is 0.870. The minimum atomic E-state index is 0.0402. The van der Waals surface area contributed by atoms with Gasteiger partial charge in [-0.15, -0.1) is 0 Å². The van der Waals surface area contributed by atoms with Gasteiger partial charge >= 0.3 is 0 Å². The van der Waals surface area contributed by atoms with Gasteiger partial charge in [-0.2, -0.15) is 0 Å². The van der Waals surface area contributed by atoms with Crippen LogP contribution in [0.3, 0.4) is 0 Å². The highest BCUT2D eigenvalue weighted by Crippen LogP contribution is 2.47. The summed E-state index contributed by atoms with van der Waals surface area (Å²) in [5.41, 5.74) is 1.15. The Hall–Kier alpha value is -1.55. The highest BCUT2D eigenvalue weighted by Gasteiger charge is 2.41. The summed E-state index contributed by atoms with van der Waals surface area (Å²) < 4.78 is 5.37. The molecule has 1 amide bonds. The van der Waals surface area contributed by atoms with E-state index in [0.29, 0.717) is 19.6 Å². The standard InChI is InChI=1S/C16H23NO3/c1-2-20-14-5-3-13(4-6-14)11-15(19)17-12-16(7-8-16)9-10-18/h3-6,18H,2,7-12H2,1H3,(H,17,19). The molecule has 0 aliphatic heterocycles. The van der Waals surface area contributed by atoms with Crippen LogP contribution >= 0.6 is 0 Å². The van der Waals surface area contributed by atoms with Gasteiger partial charge in [0.05, 0.1) is 13.0 Å². The molecule has 4 heteroatoms. The number of carbonyl (C=O) groups is 1. The molecule has 0 bridgehead atoms. The SMILES string of the molecule is CCOc1ccc(CC(=O)NCC2(CCO)CC2)cc1. The molecule has 0 radical (unpaired) electrons. The molecule has 1 aliphatic rings. The fourth-order valence-electron chi connectivity index (χ4n) is 2.33. The van der Waals surface area contributed by atoms with Crippen molar-refractivity contribution in [2.75, 3.05) is 19.8 Å². The van der Waals surface area contributed by atoms with Crippen molar-refractivity contribution in [2.24, 2.45) is 5.41 Å². The first kappa shape index (κ1) is 14.9. The van der Waals surface area contributed by atoms with E-state index in [0.717, 1.165) is 30.6 Å². The monoisotopic (exact) mass is 277 g/mol. The van der Waals surface area contributed by atoms with Crippen LogP contribution in [0.15, 0.2) is 24.3 Å². The Labute approximate surface area is 120 Å². The van der Waals surface area contributed by atoms with E-state index in [2.05, 4.69) is 5.32 Å². The van der Waals surface area contributed by atoms with Crippen LogP contribution in [0.4, 0.5) is 0 Å². The maximum Gasteiger partial charge on any atom is 0.224 e. The second-order valence-corrected chi connectivity index (χ2v) is 5.50. The Morgan fingerprint density at radius 2 is 2.05 bits per heavy atom. The number of hydrogen-bond acceptors (Lipinski definition) is 3. The third-order valence-electron chi connectivity index (χ3n) is 3.86. The van der Waals surface area contributed by atoms with E-state index in [1.54, 1.807) is 0 Å². The van der Waals surface area contributed by atoms with E-state index in [9.17, 15) is 4.79 Å². The van der Waals surface area contributed by atoms with Crippen LogP contribution in [0.25, 0.3) is 0 Å². The molecule has 2 rings (SSSR count). The lowest BCUT2D eigenvalue weighted by molar-refractivity contribution is -0.120. The van der Waals surface area contributed by atoms with Gasteiger partial charge < -0.3 is 15.2 Å². The molecule has 0 atom stereocenters. The number of hydrogen-bond donors (Lipinski definition) is 2. The number of aliphatic hydroxyl groups excluding tert-OH is 1. The van der Waals surface area contributed by atoms with Crippen LogP contribution in [-0.2, 0) is 11.2 Å². The van der Waals surface area contributed by atoms with Crippen molar-refractivity contribution in [3.8, 4) is 5.75 Å². The summed E-state index contributed by atoms with van der Waals surface area (Å²) in [6, 6.07) is 7.62. The van der Waals surface area contributed by atoms with Gasteiger partial charge in [-0.3, -0.25) is 4.79 Å². The van der Waals surface area contributed by atoms with E-state index in [1.165, 1.54) is 0 Å². The zero-order valence-corrected chi connectivity index (χ0v) is 12.0. The summed E-state index contributed by atoms with van der Waals surface area (Å²) in [5, 5.41) is 12.0. The number of amides is 1. The average Bonchev–Trinajstić information content (AvgIpc) is 3.20. The Balaban J connectivity index is 1.76.